The highest BCUT2D eigenvalue weighted by Crippen LogP contribution is 2.39. The minimum Gasteiger partial charge on any atom is -0.492 e. The summed E-state index contributed by atoms with van der Waals surface area (Å²) in [7, 11) is 3.27. The number of alkyl halides is 3. The Morgan fingerprint density at radius 1 is 1.27 bits per heavy atom. The van der Waals surface area contributed by atoms with Crippen LogP contribution in [-0.4, -0.2) is 32.2 Å². The minimum absolute atomic E-state index is 0.0604. The summed E-state index contributed by atoms with van der Waals surface area (Å²) in [5.41, 5.74) is 5.77. The molecule has 9 heteroatoms. The largest absolute Gasteiger partial charge is 0.492 e. The van der Waals surface area contributed by atoms with Crippen molar-refractivity contribution in [2.75, 3.05) is 38.3 Å². The number of halogens is 3. The summed E-state index contributed by atoms with van der Waals surface area (Å²) >= 11 is 0. The smallest absolute Gasteiger partial charge is 0.419 e. The fourth-order valence-electron chi connectivity index (χ4n) is 2.29. The molecule has 1 heterocycles. The van der Waals surface area contributed by atoms with Crippen molar-refractivity contribution in [3.05, 3.63) is 35.5 Å². The Labute approximate surface area is 148 Å². The lowest BCUT2D eigenvalue weighted by Gasteiger charge is -2.16. The summed E-state index contributed by atoms with van der Waals surface area (Å²) < 4.78 is 45.4. The average molecular weight is 365 g/mol. The molecule has 0 fully saturated rings. The quantitative estimate of drug-likeness (QED) is 0.681. The number of nitrogen functional groups attached to an aromatic ring is 1. The summed E-state index contributed by atoms with van der Waals surface area (Å²) in [6, 6.07) is 6.99. The number of benzene rings is 1. The van der Waals surface area contributed by atoms with Crippen LogP contribution in [-0.2, 0) is 6.18 Å². The molecule has 138 valence electrons. The molecule has 0 aliphatic rings. The molecule has 0 amide bonds. The molecule has 0 aliphatic heterocycles. The van der Waals surface area contributed by atoms with Crippen LogP contribution < -0.4 is 21.1 Å². The summed E-state index contributed by atoms with van der Waals surface area (Å²) in [6.45, 7) is 0.511. The molecule has 2 aromatic rings. The van der Waals surface area contributed by atoms with Crippen molar-refractivity contribution in [1.82, 2.24) is 10.3 Å². The topological polar surface area (TPSA) is 96.0 Å². The summed E-state index contributed by atoms with van der Waals surface area (Å²) in [6.07, 6.45) is -4.59. The normalized spacial score (nSPS) is 11.1. The molecule has 6 nitrogen and oxygen atoms in total. The van der Waals surface area contributed by atoms with Crippen molar-refractivity contribution in [2.24, 2.45) is 0 Å². The van der Waals surface area contributed by atoms with Gasteiger partial charge in [0.2, 0.25) is 0 Å². The standard InChI is InChI=1S/C17H18F3N5O/c1-23-5-6-26-15-4-3-10(7-11(15)17(18,19)20)12-8-13(24-2)16(22)14(9-21)25-12/h3-4,7-8,23H,5-6,22H2,1-2H3,(H,24,25). The van der Waals surface area contributed by atoms with Crippen LogP contribution in [0.15, 0.2) is 24.3 Å². The van der Waals surface area contributed by atoms with Gasteiger partial charge < -0.3 is 21.1 Å². The van der Waals surface area contributed by atoms with E-state index in [2.05, 4.69) is 15.6 Å². The fourth-order valence-corrected chi connectivity index (χ4v) is 2.29. The Hall–Kier alpha value is -2.99. The van der Waals surface area contributed by atoms with E-state index >= 15 is 0 Å². The van der Waals surface area contributed by atoms with Gasteiger partial charge in [-0.25, -0.2) is 4.98 Å². The number of pyridine rings is 1. The van der Waals surface area contributed by atoms with E-state index in [-0.39, 0.29) is 35.0 Å². The number of hydrogen-bond donors (Lipinski definition) is 3. The molecule has 0 bridgehead atoms. The van der Waals surface area contributed by atoms with Crippen LogP contribution in [0.4, 0.5) is 24.5 Å². The number of nitrogens with one attached hydrogen (secondary N) is 2. The Bertz CT molecular complexity index is 830. The molecule has 0 saturated carbocycles. The number of nitrogens with two attached hydrogens (primary N) is 1. The predicted octanol–water partition coefficient (Wildman–Crippen LogP) is 2.86. The van der Waals surface area contributed by atoms with Crippen LogP contribution in [0.5, 0.6) is 5.75 Å². The van der Waals surface area contributed by atoms with Crippen LogP contribution >= 0.6 is 0 Å². The first-order valence-electron chi connectivity index (χ1n) is 7.69. The van der Waals surface area contributed by atoms with Gasteiger partial charge in [-0.05, 0) is 31.3 Å². The van der Waals surface area contributed by atoms with Gasteiger partial charge in [0, 0.05) is 19.2 Å². The number of anilines is 2. The second kappa shape index (κ2) is 7.93. The van der Waals surface area contributed by atoms with Crippen molar-refractivity contribution >= 4 is 11.4 Å². The van der Waals surface area contributed by atoms with Crippen LogP contribution in [0.1, 0.15) is 11.3 Å². The monoisotopic (exact) mass is 365 g/mol. The molecule has 0 saturated heterocycles. The number of likely N-dealkylation sites (N-methyl/N-ethyl adjacent to an activating group) is 1. The summed E-state index contributed by atoms with van der Waals surface area (Å²) in [4.78, 5) is 4.05. The number of rotatable bonds is 6. The second-order valence-electron chi connectivity index (χ2n) is 5.34. The molecule has 1 aromatic heterocycles. The Morgan fingerprint density at radius 3 is 2.58 bits per heavy atom. The molecule has 0 atom stereocenters. The maximum absolute atomic E-state index is 13.4. The van der Waals surface area contributed by atoms with E-state index in [0.29, 0.717) is 12.2 Å². The zero-order chi connectivity index (χ0) is 19.3. The molecule has 0 spiro atoms. The first kappa shape index (κ1) is 19.3. The predicted molar refractivity (Wildman–Crippen MR) is 92.8 cm³/mol. The number of nitrogens with zero attached hydrogens (tertiary/aromatic N) is 2. The van der Waals surface area contributed by atoms with E-state index in [1.165, 1.54) is 18.2 Å². The van der Waals surface area contributed by atoms with Crippen molar-refractivity contribution in [3.8, 4) is 23.1 Å². The van der Waals surface area contributed by atoms with E-state index < -0.39 is 11.7 Å². The lowest BCUT2D eigenvalue weighted by molar-refractivity contribution is -0.138. The lowest BCUT2D eigenvalue weighted by atomic mass is 10.0. The van der Waals surface area contributed by atoms with Gasteiger partial charge in [0.15, 0.2) is 5.69 Å². The molecule has 1 aromatic carbocycles. The highest BCUT2D eigenvalue weighted by molar-refractivity contribution is 5.77. The van der Waals surface area contributed by atoms with Crippen molar-refractivity contribution in [2.45, 2.75) is 6.18 Å². The third-order valence-corrected chi connectivity index (χ3v) is 3.62. The van der Waals surface area contributed by atoms with Gasteiger partial charge >= 0.3 is 6.18 Å². The molecule has 0 aliphatic carbocycles. The Balaban J connectivity index is 2.53. The molecule has 0 radical (unpaired) electrons. The zero-order valence-electron chi connectivity index (χ0n) is 14.2. The third kappa shape index (κ3) is 4.15. The van der Waals surface area contributed by atoms with Gasteiger partial charge in [-0.15, -0.1) is 0 Å². The number of nitriles is 1. The van der Waals surface area contributed by atoms with Crippen LogP contribution in [0.2, 0.25) is 0 Å². The zero-order valence-corrected chi connectivity index (χ0v) is 14.2. The molecule has 4 N–H and O–H groups in total. The van der Waals surface area contributed by atoms with E-state index in [1.54, 1.807) is 14.1 Å². The van der Waals surface area contributed by atoms with Gasteiger partial charge in [0.25, 0.3) is 0 Å². The maximum Gasteiger partial charge on any atom is 0.419 e. The lowest BCUT2D eigenvalue weighted by Crippen LogP contribution is -2.17. The molecule has 2 rings (SSSR count). The molecular weight excluding hydrogens is 347 g/mol. The SMILES string of the molecule is CNCCOc1ccc(-c2cc(NC)c(N)c(C#N)n2)cc1C(F)(F)F. The highest BCUT2D eigenvalue weighted by Gasteiger charge is 2.35. The second-order valence-corrected chi connectivity index (χ2v) is 5.34. The fraction of sp³-hybridized carbons (Fsp3) is 0.294. The third-order valence-electron chi connectivity index (χ3n) is 3.62. The van der Waals surface area contributed by atoms with Gasteiger partial charge in [-0.2, -0.15) is 18.4 Å². The summed E-state index contributed by atoms with van der Waals surface area (Å²) in [5.74, 6) is -0.263. The average Bonchev–Trinajstić information content (AvgIpc) is 2.61. The summed E-state index contributed by atoms with van der Waals surface area (Å²) in [5, 5.41) is 14.7. The van der Waals surface area contributed by atoms with Gasteiger partial charge in [-0.1, -0.05) is 0 Å². The Morgan fingerprint density at radius 2 is 2.00 bits per heavy atom. The van der Waals surface area contributed by atoms with Crippen LogP contribution in [0.3, 0.4) is 0 Å². The van der Waals surface area contributed by atoms with E-state index in [9.17, 15) is 13.2 Å². The Kier molecular flexibility index (Phi) is 5.90. The maximum atomic E-state index is 13.4. The first-order chi connectivity index (χ1) is 12.3. The number of aromatic nitrogens is 1. The highest BCUT2D eigenvalue weighted by atomic mass is 19.4. The molecule has 26 heavy (non-hydrogen) atoms. The van der Waals surface area contributed by atoms with E-state index in [1.807, 2.05) is 6.07 Å². The van der Waals surface area contributed by atoms with Crippen LogP contribution in [0.25, 0.3) is 11.3 Å². The molecule has 0 unspecified atom stereocenters. The first-order valence-corrected chi connectivity index (χ1v) is 7.69. The van der Waals surface area contributed by atoms with E-state index in [4.69, 9.17) is 15.7 Å². The van der Waals surface area contributed by atoms with Crippen molar-refractivity contribution < 1.29 is 17.9 Å². The number of hydrogen-bond acceptors (Lipinski definition) is 6. The van der Waals surface area contributed by atoms with Crippen molar-refractivity contribution in [3.63, 3.8) is 0 Å². The van der Waals surface area contributed by atoms with Gasteiger partial charge in [0.1, 0.15) is 18.4 Å². The van der Waals surface area contributed by atoms with E-state index in [0.717, 1.165) is 6.07 Å². The molecular formula is C17H18F3N5O. The van der Waals surface area contributed by atoms with Crippen LogP contribution in [0, 0.1) is 11.3 Å². The van der Waals surface area contributed by atoms with Crippen molar-refractivity contribution in [1.29, 1.82) is 5.26 Å². The van der Waals surface area contributed by atoms with Gasteiger partial charge in [-0.3, -0.25) is 0 Å². The van der Waals surface area contributed by atoms with Gasteiger partial charge in [0.05, 0.1) is 22.6 Å². The number of ether oxygens (including phenoxy) is 1. The minimum atomic E-state index is -4.59.